The largest absolute Gasteiger partial charge is 0.341 e. The molecule has 0 saturated carbocycles. The Labute approximate surface area is 153 Å². The minimum Gasteiger partial charge on any atom is -0.299 e. The number of hydrogen-bond acceptors (Lipinski definition) is 5. The number of halogens is 2. The van der Waals surface area contributed by atoms with Crippen LogP contribution >= 0.6 is 0 Å². The molecule has 1 aliphatic rings. The molecule has 1 saturated heterocycles. The van der Waals surface area contributed by atoms with Crippen molar-refractivity contribution in [1.82, 2.24) is 9.62 Å². The van der Waals surface area contributed by atoms with Gasteiger partial charge in [-0.25, -0.2) is 21.6 Å². The molecule has 2 rings (SSSR count). The highest BCUT2D eigenvalue weighted by atomic mass is 32.2. The Balaban J connectivity index is 1.88. The maximum absolute atomic E-state index is 12.5. The number of sulfonamides is 1. The van der Waals surface area contributed by atoms with Crippen molar-refractivity contribution in [2.75, 3.05) is 18.8 Å². The Morgan fingerprint density at radius 3 is 2.19 bits per heavy atom. The van der Waals surface area contributed by atoms with Gasteiger partial charge in [0.2, 0.25) is 19.9 Å². The maximum atomic E-state index is 12.5. The van der Waals surface area contributed by atoms with Crippen molar-refractivity contribution in [2.24, 2.45) is 0 Å². The van der Waals surface area contributed by atoms with E-state index in [9.17, 15) is 25.6 Å². The van der Waals surface area contributed by atoms with Crippen LogP contribution in [0.25, 0.3) is 0 Å². The van der Waals surface area contributed by atoms with Crippen LogP contribution in [0.2, 0.25) is 0 Å². The first-order valence-electron chi connectivity index (χ1n) is 8.47. The van der Waals surface area contributed by atoms with E-state index in [-0.39, 0.29) is 16.7 Å². The van der Waals surface area contributed by atoms with Crippen LogP contribution in [-0.2, 0) is 26.4 Å². The van der Waals surface area contributed by atoms with Crippen molar-refractivity contribution in [1.29, 1.82) is 0 Å². The molecule has 26 heavy (non-hydrogen) atoms. The molecule has 0 amide bonds. The number of nitrogens with one attached hydrogen (secondary N) is 1. The van der Waals surface area contributed by atoms with Crippen molar-refractivity contribution in [3.63, 3.8) is 0 Å². The topological polar surface area (TPSA) is 83.6 Å². The zero-order valence-electron chi connectivity index (χ0n) is 14.6. The summed E-state index contributed by atoms with van der Waals surface area (Å²) in [4.78, 5) is 1.74. The second-order valence-corrected chi connectivity index (χ2v) is 10.2. The lowest BCUT2D eigenvalue weighted by molar-refractivity contribution is 0.200. The molecule has 1 N–H and O–H groups in total. The first-order valence-corrected chi connectivity index (χ1v) is 11.7. The van der Waals surface area contributed by atoms with E-state index < -0.39 is 25.6 Å². The molecule has 6 nitrogen and oxygen atoms in total. The Kier molecular flexibility index (Phi) is 7.12. The second-order valence-electron chi connectivity index (χ2n) is 6.44. The number of benzene rings is 1. The summed E-state index contributed by atoms with van der Waals surface area (Å²) in [6.45, 7) is 3.79. The fraction of sp³-hybridized carbons (Fsp3) is 0.625. The Morgan fingerprint density at radius 2 is 1.69 bits per heavy atom. The number of likely N-dealkylation sites (tertiary alicyclic amines) is 1. The molecule has 0 aromatic heterocycles. The number of alkyl halides is 2. The van der Waals surface area contributed by atoms with Gasteiger partial charge in [0.15, 0.2) is 0 Å². The highest BCUT2D eigenvalue weighted by Crippen LogP contribution is 2.20. The van der Waals surface area contributed by atoms with Gasteiger partial charge >= 0.3 is 5.76 Å². The predicted molar refractivity (Wildman–Crippen MR) is 95.1 cm³/mol. The highest BCUT2D eigenvalue weighted by molar-refractivity contribution is 7.91. The molecule has 1 heterocycles. The summed E-state index contributed by atoms with van der Waals surface area (Å²) in [7, 11) is -7.79. The van der Waals surface area contributed by atoms with E-state index in [1.807, 2.05) is 6.92 Å². The van der Waals surface area contributed by atoms with Crippen LogP contribution < -0.4 is 4.72 Å². The molecule has 148 valence electrons. The van der Waals surface area contributed by atoms with Crippen molar-refractivity contribution in [3.05, 3.63) is 29.8 Å². The van der Waals surface area contributed by atoms with E-state index in [0.717, 1.165) is 5.56 Å². The van der Waals surface area contributed by atoms with Gasteiger partial charge in [0.25, 0.3) is 0 Å². The third-order valence-electron chi connectivity index (χ3n) is 4.30. The van der Waals surface area contributed by atoms with Gasteiger partial charge in [-0.3, -0.25) is 4.90 Å². The zero-order chi connectivity index (χ0) is 19.4. The number of piperidine rings is 1. The van der Waals surface area contributed by atoms with E-state index in [2.05, 4.69) is 9.62 Å². The number of hydrogen-bond donors (Lipinski definition) is 1. The van der Waals surface area contributed by atoms with Crippen LogP contribution in [-0.4, -0.2) is 52.4 Å². The molecule has 10 heteroatoms. The van der Waals surface area contributed by atoms with Crippen molar-refractivity contribution < 1.29 is 25.6 Å². The molecule has 0 atom stereocenters. The summed E-state index contributed by atoms with van der Waals surface area (Å²) in [6.07, 6.45) is 1.97. The third kappa shape index (κ3) is 5.70. The normalized spacial score (nSPS) is 17.7. The van der Waals surface area contributed by atoms with E-state index in [1.165, 1.54) is 24.3 Å². The minimum atomic E-state index is -4.57. The van der Waals surface area contributed by atoms with Gasteiger partial charge in [0.1, 0.15) is 0 Å². The fourth-order valence-electron chi connectivity index (χ4n) is 2.94. The second kappa shape index (κ2) is 8.73. The number of nitrogens with zero attached hydrogens (tertiary/aromatic N) is 1. The highest BCUT2D eigenvalue weighted by Gasteiger charge is 2.26. The van der Waals surface area contributed by atoms with Crippen LogP contribution in [0.3, 0.4) is 0 Å². The van der Waals surface area contributed by atoms with Gasteiger partial charge in [0, 0.05) is 25.7 Å². The van der Waals surface area contributed by atoms with Crippen LogP contribution in [0, 0.1) is 0 Å². The number of sulfone groups is 1. The summed E-state index contributed by atoms with van der Waals surface area (Å²) < 4.78 is 74.2. The summed E-state index contributed by atoms with van der Waals surface area (Å²) in [5.74, 6) is -3.30. The summed E-state index contributed by atoms with van der Waals surface area (Å²) in [5.41, 5.74) is 0.822. The lowest BCUT2D eigenvalue weighted by Crippen LogP contribution is -2.44. The zero-order valence-corrected chi connectivity index (χ0v) is 16.2. The molecular formula is C16H24F2N2O4S2. The predicted octanol–water partition coefficient (Wildman–Crippen LogP) is 1.98. The molecule has 0 unspecified atom stereocenters. The Morgan fingerprint density at radius 1 is 1.12 bits per heavy atom. The molecule has 1 aromatic carbocycles. The fourth-order valence-corrected chi connectivity index (χ4v) is 5.06. The van der Waals surface area contributed by atoms with E-state index >= 15 is 0 Å². The lowest BCUT2D eigenvalue weighted by Gasteiger charge is -2.32. The SMILES string of the molecule is CCCS(=O)(=O)NC1CCN(Cc2ccc(S(=O)(=O)C(F)F)cc2)CC1. The van der Waals surface area contributed by atoms with Gasteiger partial charge < -0.3 is 0 Å². The smallest absolute Gasteiger partial charge is 0.299 e. The van der Waals surface area contributed by atoms with Gasteiger partial charge in [-0.2, -0.15) is 8.78 Å². The maximum Gasteiger partial charge on any atom is 0.341 e. The standard InChI is InChI=1S/C16H24F2N2O4S2/c1-2-11-25(21,22)19-14-7-9-20(10-8-14)12-13-3-5-15(6-4-13)26(23,24)16(17)18/h3-6,14,16,19H,2,7-12H2,1H3. The quantitative estimate of drug-likeness (QED) is 0.709. The molecule has 0 spiro atoms. The minimum absolute atomic E-state index is 0.0682. The summed E-state index contributed by atoms with van der Waals surface area (Å²) in [5, 5.41) is 0. The van der Waals surface area contributed by atoms with E-state index in [4.69, 9.17) is 0 Å². The summed E-state index contributed by atoms with van der Waals surface area (Å²) in [6, 6.07) is 5.39. The number of rotatable bonds is 8. The first-order chi connectivity index (χ1) is 12.1. The Bertz CT molecular complexity index is 788. The summed E-state index contributed by atoms with van der Waals surface area (Å²) >= 11 is 0. The average molecular weight is 411 g/mol. The van der Waals surface area contributed by atoms with Gasteiger partial charge in [-0.1, -0.05) is 19.1 Å². The van der Waals surface area contributed by atoms with Crippen LogP contribution in [0.15, 0.2) is 29.2 Å². The van der Waals surface area contributed by atoms with Crippen molar-refractivity contribution in [3.8, 4) is 0 Å². The van der Waals surface area contributed by atoms with E-state index in [1.54, 1.807) is 0 Å². The van der Waals surface area contributed by atoms with Crippen LogP contribution in [0.5, 0.6) is 0 Å². The van der Waals surface area contributed by atoms with Crippen LogP contribution in [0.1, 0.15) is 31.7 Å². The van der Waals surface area contributed by atoms with Crippen molar-refractivity contribution >= 4 is 19.9 Å². The average Bonchev–Trinajstić information content (AvgIpc) is 2.56. The first kappa shape index (κ1) is 21.2. The molecule has 1 fully saturated rings. The molecule has 0 bridgehead atoms. The molecule has 1 aliphatic heterocycles. The van der Waals surface area contributed by atoms with E-state index in [0.29, 0.717) is 38.9 Å². The monoisotopic (exact) mass is 410 g/mol. The Hall–Kier alpha value is -1.10. The molecular weight excluding hydrogens is 386 g/mol. The molecule has 1 aromatic rings. The van der Waals surface area contributed by atoms with Gasteiger partial charge in [0.05, 0.1) is 10.6 Å². The van der Waals surface area contributed by atoms with Gasteiger partial charge in [-0.15, -0.1) is 0 Å². The molecule has 0 radical (unpaired) electrons. The third-order valence-corrected chi connectivity index (χ3v) is 7.34. The van der Waals surface area contributed by atoms with Crippen molar-refractivity contribution in [2.45, 2.75) is 49.4 Å². The molecule has 0 aliphatic carbocycles. The van der Waals surface area contributed by atoms with Gasteiger partial charge in [-0.05, 0) is 37.0 Å². The van der Waals surface area contributed by atoms with Crippen LogP contribution in [0.4, 0.5) is 8.78 Å². The lowest BCUT2D eigenvalue weighted by atomic mass is 10.1.